The Bertz CT molecular complexity index is 1770. The number of pyridine rings is 1. The number of carbonyl (C=O) groups excluding carboxylic acids is 1. The van der Waals surface area contributed by atoms with E-state index >= 15 is 0 Å². The number of sulfonamides is 1. The first-order valence-corrected chi connectivity index (χ1v) is 15.1. The Kier molecular flexibility index (Phi) is 6.97. The van der Waals surface area contributed by atoms with Gasteiger partial charge in [-0.25, -0.2) is 8.42 Å². The first kappa shape index (κ1) is 25.7. The molecule has 1 fully saturated rings. The summed E-state index contributed by atoms with van der Waals surface area (Å²) in [7, 11) is -3.69. The Morgan fingerprint density at radius 1 is 0.897 bits per heavy atom. The van der Waals surface area contributed by atoms with Crippen LogP contribution in [0.15, 0.2) is 94.6 Å². The quantitative estimate of drug-likeness (QED) is 0.274. The highest BCUT2D eigenvalue weighted by Crippen LogP contribution is 2.35. The van der Waals surface area contributed by atoms with E-state index < -0.39 is 10.0 Å². The molecule has 5 aromatic rings. The number of carbonyl (C=O) groups is 1. The van der Waals surface area contributed by atoms with Gasteiger partial charge in [-0.2, -0.15) is 4.31 Å². The van der Waals surface area contributed by atoms with Crippen molar-refractivity contribution in [3.63, 3.8) is 0 Å². The highest BCUT2D eigenvalue weighted by molar-refractivity contribution is 9.10. The second kappa shape index (κ2) is 10.6. The maximum atomic E-state index is 13.5. The van der Waals surface area contributed by atoms with Crippen molar-refractivity contribution in [2.45, 2.75) is 17.7 Å². The Morgan fingerprint density at radius 3 is 2.46 bits per heavy atom. The third-order valence-electron chi connectivity index (χ3n) is 7.39. The third kappa shape index (κ3) is 4.86. The smallest absolute Gasteiger partial charge is 0.243 e. The summed E-state index contributed by atoms with van der Waals surface area (Å²) in [6.07, 6.45) is 4.21. The van der Waals surface area contributed by atoms with E-state index in [2.05, 4.69) is 44.1 Å². The van der Waals surface area contributed by atoms with Gasteiger partial charge in [-0.15, -0.1) is 0 Å². The van der Waals surface area contributed by atoms with Crippen molar-refractivity contribution >= 4 is 53.5 Å². The van der Waals surface area contributed by atoms with Crippen LogP contribution in [0.3, 0.4) is 0 Å². The van der Waals surface area contributed by atoms with Crippen molar-refractivity contribution in [3.05, 3.63) is 95.2 Å². The maximum absolute atomic E-state index is 13.5. The Labute approximate surface area is 235 Å². The largest absolute Gasteiger partial charge is 0.353 e. The molecule has 39 heavy (non-hydrogen) atoms. The summed E-state index contributed by atoms with van der Waals surface area (Å²) >= 11 is 3.65. The van der Waals surface area contributed by atoms with Gasteiger partial charge in [0, 0.05) is 71.3 Å². The fourth-order valence-electron chi connectivity index (χ4n) is 5.37. The number of nitrogens with zero attached hydrogens (tertiary/aromatic N) is 3. The monoisotopic (exact) mass is 602 g/mol. The minimum atomic E-state index is -3.69. The van der Waals surface area contributed by atoms with E-state index in [1.54, 1.807) is 35.5 Å². The van der Waals surface area contributed by atoms with E-state index in [0.29, 0.717) is 31.3 Å². The topological polar surface area (TPSA) is 86.4 Å². The molecule has 0 aliphatic carbocycles. The lowest BCUT2D eigenvalue weighted by atomic mass is 10.0. The molecule has 0 bridgehead atoms. The molecule has 0 atom stereocenters. The van der Waals surface area contributed by atoms with Crippen LogP contribution in [0, 0.1) is 0 Å². The van der Waals surface area contributed by atoms with Crippen molar-refractivity contribution in [3.8, 4) is 11.3 Å². The number of halogens is 1. The zero-order valence-corrected chi connectivity index (χ0v) is 23.6. The van der Waals surface area contributed by atoms with Gasteiger partial charge >= 0.3 is 0 Å². The first-order chi connectivity index (χ1) is 18.9. The normalized spacial score (nSPS) is 14.7. The van der Waals surface area contributed by atoms with E-state index in [9.17, 15) is 13.2 Å². The molecule has 198 valence electrons. The van der Waals surface area contributed by atoms with Crippen LogP contribution < -0.4 is 0 Å². The fourth-order valence-corrected chi connectivity index (χ4v) is 7.48. The average Bonchev–Trinajstić information content (AvgIpc) is 3.36. The van der Waals surface area contributed by atoms with Crippen molar-refractivity contribution in [1.29, 1.82) is 0 Å². The number of hydrogen-bond donors (Lipinski definition) is 1. The van der Waals surface area contributed by atoms with Crippen molar-refractivity contribution in [2.24, 2.45) is 0 Å². The number of para-hydroxylation sites is 1. The number of benzene rings is 3. The lowest BCUT2D eigenvalue weighted by molar-refractivity contribution is -0.132. The molecule has 3 aromatic carbocycles. The Hall–Kier alpha value is -3.53. The molecule has 0 spiro atoms. The van der Waals surface area contributed by atoms with E-state index in [-0.39, 0.29) is 23.9 Å². The average molecular weight is 604 g/mol. The predicted molar refractivity (Wildman–Crippen MR) is 157 cm³/mol. The molecule has 1 aliphatic rings. The maximum Gasteiger partial charge on any atom is 0.243 e. The van der Waals surface area contributed by atoms with E-state index in [1.807, 2.05) is 36.4 Å². The summed E-state index contributed by atoms with van der Waals surface area (Å²) in [4.78, 5) is 23.0. The van der Waals surface area contributed by atoms with Gasteiger partial charge in [0.2, 0.25) is 15.9 Å². The summed E-state index contributed by atoms with van der Waals surface area (Å²) in [5.41, 5.74) is 4.22. The second-order valence-electron chi connectivity index (χ2n) is 9.64. The van der Waals surface area contributed by atoms with Crippen LogP contribution in [0.25, 0.3) is 32.9 Å². The number of aromatic amines is 1. The zero-order valence-electron chi connectivity index (χ0n) is 21.2. The predicted octanol–water partition coefficient (Wildman–Crippen LogP) is 5.61. The number of hydrogen-bond acceptors (Lipinski definition) is 4. The highest BCUT2D eigenvalue weighted by atomic mass is 79.9. The van der Waals surface area contributed by atoms with Gasteiger partial charge in [0.25, 0.3) is 0 Å². The molecule has 0 radical (unpaired) electrons. The first-order valence-electron chi connectivity index (χ1n) is 12.9. The number of piperazine rings is 1. The molecule has 0 unspecified atom stereocenters. The van der Waals surface area contributed by atoms with Crippen LogP contribution in [0.2, 0.25) is 0 Å². The van der Waals surface area contributed by atoms with Crippen molar-refractivity contribution in [2.75, 3.05) is 26.2 Å². The van der Waals surface area contributed by atoms with Crippen molar-refractivity contribution < 1.29 is 13.2 Å². The number of rotatable bonds is 6. The molecule has 7 nitrogen and oxygen atoms in total. The van der Waals surface area contributed by atoms with Gasteiger partial charge in [0.1, 0.15) is 0 Å². The minimum Gasteiger partial charge on any atom is -0.353 e. The molecule has 3 heterocycles. The lowest BCUT2D eigenvalue weighted by Crippen LogP contribution is -2.50. The van der Waals surface area contributed by atoms with Gasteiger partial charge < -0.3 is 9.88 Å². The molecular weight excluding hydrogens is 576 g/mol. The second-order valence-corrected chi connectivity index (χ2v) is 12.4. The summed E-state index contributed by atoms with van der Waals surface area (Å²) < 4.78 is 29.4. The number of aryl methyl sites for hydroxylation is 1. The summed E-state index contributed by atoms with van der Waals surface area (Å²) in [5.74, 6) is 0.0339. The highest BCUT2D eigenvalue weighted by Gasteiger charge is 2.31. The fraction of sp³-hybridized carbons (Fsp3) is 0.200. The number of aromatic nitrogens is 2. The summed E-state index contributed by atoms with van der Waals surface area (Å²) in [6, 6.07) is 23.2. The van der Waals surface area contributed by atoms with Gasteiger partial charge in [0.15, 0.2) is 0 Å². The summed E-state index contributed by atoms with van der Waals surface area (Å²) in [5, 5.41) is 2.54. The molecule has 6 rings (SSSR count). The molecule has 9 heteroatoms. The van der Waals surface area contributed by atoms with Crippen LogP contribution in [0.1, 0.15) is 12.0 Å². The third-order valence-corrected chi connectivity index (χ3v) is 10.0. The summed E-state index contributed by atoms with van der Waals surface area (Å²) in [6.45, 7) is 1.28. The molecule has 2 aromatic heterocycles. The van der Waals surface area contributed by atoms with Gasteiger partial charge in [-0.05, 0) is 51.7 Å². The number of fused-ring (bicyclic) bond motifs is 2. The number of H-pyrrole nitrogens is 1. The Balaban J connectivity index is 1.17. The molecule has 1 saturated heterocycles. The zero-order chi connectivity index (χ0) is 27.0. The number of nitrogens with one attached hydrogen (secondary N) is 1. The SMILES string of the molecule is O=C(CCc1c(-c2ccccc2)[nH]c2c(Br)cccc12)N1CCN(S(=O)(=O)c2cccc3cnccc23)CC1. The number of amides is 1. The van der Waals surface area contributed by atoms with Crippen molar-refractivity contribution in [1.82, 2.24) is 19.2 Å². The van der Waals surface area contributed by atoms with E-state index in [1.165, 1.54) is 4.31 Å². The molecule has 0 saturated carbocycles. The van der Waals surface area contributed by atoms with Crippen LogP contribution in [0.4, 0.5) is 0 Å². The molecule has 1 aliphatic heterocycles. The van der Waals surface area contributed by atoms with E-state index in [0.717, 1.165) is 37.6 Å². The molecule has 1 amide bonds. The standard InChI is InChI=1S/C30H27BrN4O3S/c31-26-10-5-9-24-25(29(33-30(24)26)21-6-2-1-3-7-21)12-13-28(36)34-16-18-35(19-17-34)39(37,38)27-11-4-8-22-20-32-15-14-23(22)27/h1-11,14-15,20,33H,12-13,16-19H2. The molecular formula is C30H27BrN4O3S. The van der Waals surface area contributed by atoms with Crippen LogP contribution in [-0.2, 0) is 21.2 Å². The van der Waals surface area contributed by atoms with E-state index in [4.69, 9.17) is 0 Å². The van der Waals surface area contributed by atoms with Gasteiger partial charge in [-0.1, -0.05) is 54.6 Å². The lowest BCUT2D eigenvalue weighted by Gasteiger charge is -2.34. The van der Waals surface area contributed by atoms with Crippen LogP contribution in [-0.4, -0.2) is 59.7 Å². The van der Waals surface area contributed by atoms with Crippen LogP contribution in [0.5, 0.6) is 0 Å². The van der Waals surface area contributed by atoms with Gasteiger partial charge in [-0.3, -0.25) is 9.78 Å². The minimum absolute atomic E-state index is 0.0339. The Morgan fingerprint density at radius 2 is 1.67 bits per heavy atom. The molecule has 1 N–H and O–H groups in total. The van der Waals surface area contributed by atoms with Gasteiger partial charge in [0.05, 0.1) is 10.4 Å². The van der Waals surface area contributed by atoms with Crippen LogP contribution >= 0.6 is 15.9 Å².